The molecule has 0 radical (unpaired) electrons. The first-order chi connectivity index (χ1) is 27.7. The van der Waals surface area contributed by atoms with Crippen molar-refractivity contribution in [3.63, 3.8) is 0 Å². The lowest BCUT2D eigenvalue weighted by Gasteiger charge is -2.36. The van der Waals surface area contributed by atoms with E-state index in [1.807, 2.05) is 56.0 Å². The number of aromatic nitrogens is 2. The molecule has 58 heavy (non-hydrogen) atoms. The number of likely N-dealkylation sites (tertiary alicyclic amines) is 2. The van der Waals surface area contributed by atoms with Crippen LogP contribution in [-0.2, 0) is 42.0 Å². The van der Waals surface area contributed by atoms with Crippen LogP contribution in [0.5, 0.6) is 5.75 Å². The van der Waals surface area contributed by atoms with Crippen molar-refractivity contribution >= 4 is 44.6 Å². The van der Waals surface area contributed by atoms with Crippen LogP contribution in [0.4, 0.5) is 0 Å². The van der Waals surface area contributed by atoms with Gasteiger partial charge in [-0.15, -0.1) is 6.58 Å². The fourth-order valence-corrected chi connectivity index (χ4v) is 10.4. The van der Waals surface area contributed by atoms with E-state index >= 15 is 0 Å². The molecule has 0 spiro atoms. The van der Waals surface area contributed by atoms with Crippen LogP contribution < -0.4 is 14.8 Å². The van der Waals surface area contributed by atoms with Gasteiger partial charge in [-0.25, -0.2) is 13.4 Å². The van der Waals surface area contributed by atoms with E-state index in [4.69, 9.17) is 9.72 Å². The molecule has 4 fully saturated rings. The number of benzene rings is 1. The third-order valence-corrected chi connectivity index (χ3v) is 14.6. The number of carbonyl (C=O) groups is 4. The number of nitrogens with zero attached hydrogens (tertiary/aromatic N) is 4. The molecule has 5 atom stereocenters. The molecule has 3 aliphatic carbocycles. The van der Waals surface area contributed by atoms with Crippen LogP contribution in [0.15, 0.2) is 55.3 Å². The van der Waals surface area contributed by atoms with Crippen LogP contribution in [0.2, 0.25) is 0 Å². The van der Waals surface area contributed by atoms with Crippen molar-refractivity contribution in [2.24, 2.45) is 17.3 Å². The minimum absolute atomic E-state index is 0.00383. The number of pyridine rings is 2. The van der Waals surface area contributed by atoms with E-state index in [1.165, 1.54) is 16.0 Å². The summed E-state index contributed by atoms with van der Waals surface area (Å²) in [4.78, 5) is 69.9. The van der Waals surface area contributed by atoms with Crippen LogP contribution in [0, 0.1) is 17.3 Å². The zero-order chi connectivity index (χ0) is 41.0. The van der Waals surface area contributed by atoms with Crippen molar-refractivity contribution in [3.05, 3.63) is 66.4 Å². The third-order valence-electron chi connectivity index (χ3n) is 12.8. The fourth-order valence-electron chi connectivity index (χ4n) is 9.06. The van der Waals surface area contributed by atoms with Crippen LogP contribution in [-0.4, -0.2) is 94.4 Å². The van der Waals surface area contributed by atoms with Gasteiger partial charge in [0.15, 0.2) is 0 Å². The van der Waals surface area contributed by atoms with Crippen LogP contribution in [0.25, 0.3) is 22.3 Å². The third kappa shape index (κ3) is 7.83. The second-order valence-electron chi connectivity index (χ2n) is 17.9. The lowest BCUT2D eigenvalue weighted by atomic mass is 9.77. The van der Waals surface area contributed by atoms with E-state index in [1.54, 1.807) is 12.3 Å². The number of piperidine rings is 1. The zero-order valence-electron chi connectivity index (χ0n) is 33.7. The summed E-state index contributed by atoms with van der Waals surface area (Å²) in [5.41, 5.74) is 2.45. The molecule has 2 N–H and O–H groups in total. The first kappa shape index (κ1) is 40.0. The Bertz CT molecular complexity index is 2250. The van der Waals surface area contributed by atoms with Crippen LogP contribution in [0.3, 0.4) is 0 Å². The van der Waals surface area contributed by atoms with Gasteiger partial charge in [0.2, 0.25) is 27.7 Å². The highest BCUT2D eigenvalue weighted by atomic mass is 32.2. The van der Waals surface area contributed by atoms with E-state index in [9.17, 15) is 27.6 Å². The summed E-state index contributed by atoms with van der Waals surface area (Å²) in [6.45, 7) is 11.0. The number of carbonyl (C=O) groups excluding carboxylic acids is 4. The number of aryl methyl sites for hydroxylation is 2. The molecule has 2 saturated heterocycles. The maximum atomic E-state index is 14.9. The van der Waals surface area contributed by atoms with Crippen molar-refractivity contribution in [1.82, 2.24) is 29.8 Å². The molecule has 8 rings (SSSR count). The van der Waals surface area contributed by atoms with Crippen molar-refractivity contribution in [2.45, 2.75) is 114 Å². The fraction of sp³-hybridized carbons (Fsp3) is 0.545. The minimum atomic E-state index is -3.89. The normalized spacial score (nSPS) is 24.8. The number of sulfonamides is 1. The topological polar surface area (TPSA) is 168 Å². The molecule has 1 unspecified atom stereocenters. The summed E-state index contributed by atoms with van der Waals surface area (Å²) < 4.78 is 34.7. The smallest absolute Gasteiger partial charge is 0.259 e. The maximum Gasteiger partial charge on any atom is 0.259 e. The number of fused-ring (bicyclic) bond motifs is 3. The highest BCUT2D eigenvalue weighted by Gasteiger charge is 2.62. The van der Waals surface area contributed by atoms with Crippen LogP contribution in [0.1, 0.15) is 89.7 Å². The first-order valence-corrected chi connectivity index (χ1v) is 22.4. The molecule has 13 nitrogen and oxygen atoms in total. The molecule has 2 saturated carbocycles. The Labute approximate surface area is 340 Å². The Morgan fingerprint density at radius 1 is 1.03 bits per heavy atom. The number of ether oxygens (including phenoxy) is 1. The summed E-state index contributed by atoms with van der Waals surface area (Å²) in [6.07, 6.45) is 9.63. The number of amides is 4. The summed E-state index contributed by atoms with van der Waals surface area (Å²) in [5.74, 6) is -2.52. The van der Waals surface area contributed by atoms with Crippen LogP contribution >= 0.6 is 0 Å². The maximum absolute atomic E-state index is 14.9. The van der Waals surface area contributed by atoms with E-state index in [2.05, 4.69) is 27.7 Å². The van der Waals surface area contributed by atoms with Crippen molar-refractivity contribution in [1.29, 1.82) is 0 Å². The number of rotatable bonds is 12. The highest BCUT2D eigenvalue weighted by Crippen LogP contribution is 2.46. The monoisotopic (exact) mass is 810 g/mol. The summed E-state index contributed by atoms with van der Waals surface area (Å²) in [5, 5.41) is 3.09. The van der Waals surface area contributed by atoms with Crippen molar-refractivity contribution in [2.75, 3.05) is 19.6 Å². The summed E-state index contributed by atoms with van der Waals surface area (Å²) in [6, 6.07) is 10.6. The Kier molecular flexibility index (Phi) is 10.6. The molecule has 4 heterocycles. The van der Waals surface area contributed by atoms with Gasteiger partial charge in [0.25, 0.3) is 5.91 Å². The van der Waals surface area contributed by atoms with Gasteiger partial charge in [-0.1, -0.05) is 39.0 Å². The molecule has 5 aliphatic rings. The predicted octanol–water partition coefficient (Wildman–Crippen LogP) is 4.87. The van der Waals surface area contributed by atoms with Gasteiger partial charge >= 0.3 is 0 Å². The quantitative estimate of drug-likeness (QED) is 0.243. The SMILES string of the molecule is C=CC1C[C@]1(NC(=O)[C@@H]1C[C@@H](Oc2cc(-c3ccccn3)nc3c4c(ccc23)CCC4)CN1C(=O)[C@@H](CC(=O)N1CCCCC1)C(C)(C)C)C(=O)NS(=O)(=O)C1CC1. The van der Waals surface area contributed by atoms with Crippen molar-refractivity contribution in [3.8, 4) is 17.1 Å². The summed E-state index contributed by atoms with van der Waals surface area (Å²) in [7, 11) is -3.89. The second-order valence-corrected chi connectivity index (χ2v) is 19.9. The Balaban J connectivity index is 1.12. The molecular weight excluding hydrogens is 757 g/mol. The molecule has 4 amide bonds. The Morgan fingerprint density at radius 2 is 1.81 bits per heavy atom. The number of hydrogen-bond acceptors (Lipinski definition) is 9. The standard InChI is InChI=1S/C44H54N6O7S/c1-5-28-25-44(28,42(54)48-58(55,56)30-16-17-30)47-40(52)36-22-29(26-50(36)41(53)33(43(2,3)4)23-38(51)49-20-9-6-10-21-49)57-37-24-35(34-14-7-8-19-45-34)46-39-31-13-11-12-27(31)15-18-32(37)39/h5,7-8,14-15,18-19,24,28-30,33,36H,1,6,9-13,16-17,20-23,25-26H2,2-4H3,(H,47,52)(H,48,54)/t28?,29-,33-,36+,44-/m1/s1. The Hall–Kier alpha value is -4.85. The predicted molar refractivity (Wildman–Crippen MR) is 219 cm³/mol. The van der Waals surface area contributed by atoms with E-state index in [0.29, 0.717) is 43.1 Å². The molecule has 0 bridgehead atoms. The van der Waals surface area contributed by atoms with Gasteiger partial charge in [0.1, 0.15) is 23.4 Å². The lowest BCUT2D eigenvalue weighted by Crippen LogP contribution is -2.57. The van der Waals surface area contributed by atoms with Gasteiger partial charge in [-0.05, 0) is 92.5 Å². The first-order valence-electron chi connectivity index (χ1n) is 20.8. The van der Waals surface area contributed by atoms with Gasteiger partial charge in [-0.3, -0.25) is 28.9 Å². The minimum Gasteiger partial charge on any atom is -0.488 e. The average molecular weight is 811 g/mol. The van der Waals surface area contributed by atoms with Gasteiger partial charge in [0.05, 0.1) is 34.6 Å². The number of hydrogen-bond donors (Lipinski definition) is 2. The molecule has 2 aliphatic heterocycles. The molecule has 3 aromatic rings. The second kappa shape index (κ2) is 15.4. The highest BCUT2D eigenvalue weighted by molar-refractivity contribution is 7.91. The van der Waals surface area contributed by atoms with Gasteiger partial charge < -0.3 is 19.9 Å². The van der Waals surface area contributed by atoms with Gasteiger partial charge in [-0.2, -0.15) is 0 Å². The summed E-state index contributed by atoms with van der Waals surface area (Å²) >= 11 is 0. The van der Waals surface area contributed by atoms with Gasteiger partial charge in [0, 0.05) is 49.5 Å². The lowest BCUT2D eigenvalue weighted by molar-refractivity contribution is -0.148. The number of nitrogens with one attached hydrogen (secondary N) is 2. The Morgan fingerprint density at radius 3 is 2.48 bits per heavy atom. The van der Waals surface area contributed by atoms with Crippen molar-refractivity contribution < 1.29 is 32.3 Å². The zero-order valence-corrected chi connectivity index (χ0v) is 34.5. The molecular formula is C44H54N6O7S. The van der Waals surface area contributed by atoms with E-state index < -0.39 is 62.0 Å². The molecule has 2 aromatic heterocycles. The molecule has 14 heteroatoms. The van der Waals surface area contributed by atoms with E-state index in [-0.39, 0.29) is 37.6 Å². The van der Waals surface area contributed by atoms with E-state index in [0.717, 1.165) is 49.4 Å². The largest absolute Gasteiger partial charge is 0.488 e. The average Bonchev–Trinajstić information content (AvgIpc) is 4.09. The molecule has 1 aromatic carbocycles. The molecule has 308 valence electrons.